The molecule has 18 heavy (non-hydrogen) atoms. The Kier molecular flexibility index (Phi) is 6.84. The topological polar surface area (TPSA) is 41.1 Å². The number of unbranched alkanes of at least 4 members (excludes halogenated alkanes) is 5. The van der Waals surface area contributed by atoms with E-state index in [1.54, 1.807) is 0 Å². The first-order valence-electron chi connectivity index (χ1n) is 7.35. The SMILES string of the molecule is C=C(C)N[C@H]1C[C@H]1NC(=O)CCCCCCCC. The van der Waals surface area contributed by atoms with Gasteiger partial charge in [-0.05, 0) is 19.8 Å². The van der Waals surface area contributed by atoms with Crippen molar-refractivity contribution in [1.29, 1.82) is 0 Å². The Morgan fingerprint density at radius 1 is 1.11 bits per heavy atom. The molecule has 104 valence electrons. The zero-order valence-electron chi connectivity index (χ0n) is 11.9. The molecule has 0 aliphatic heterocycles. The van der Waals surface area contributed by atoms with Crippen LogP contribution in [0, 0.1) is 0 Å². The molecular weight excluding hydrogens is 224 g/mol. The normalized spacial score (nSPS) is 21.4. The molecule has 1 aliphatic rings. The van der Waals surface area contributed by atoms with E-state index in [0.717, 1.165) is 18.5 Å². The third-order valence-electron chi connectivity index (χ3n) is 3.33. The van der Waals surface area contributed by atoms with Crippen LogP contribution >= 0.6 is 0 Å². The molecule has 0 bridgehead atoms. The highest BCUT2D eigenvalue weighted by Gasteiger charge is 2.37. The molecule has 0 spiro atoms. The summed E-state index contributed by atoms with van der Waals surface area (Å²) in [5.41, 5.74) is 0.979. The van der Waals surface area contributed by atoms with E-state index in [2.05, 4.69) is 24.1 Å². The molecule has 0 saturated heterocycles. The highest BCUT2D eigenvalue weighted by Crippen LogP contribution is 2.22. The summed E-state index contributed by atoms with van der Waals surface area (Å²) < 4.78 is 0. The van der Waals surface area contributed by atoms with E-state index in [1.165, 1.54) is 32.1 Å². The number of hydrogen-bond donors (Lipinski definition) is 2. The Labute approximate surface area is 111 Å². The summed E-state index contributed by atoms with van der Waals surface area (Å²) in [5, 5.41) is 6.32. The molecule has 0 aromatic heterocycles. The fourth-order valence-corrected chi connectivity index (χ4v) is 2.18. The fraction of sp³-hybridized carbons (Fsp3) is 0.800. The van der Waals surface area contributed by atoms with Crippen molar-refractivity contribution in [2.75, 3.05) is 0 Å². The molecule has 1 amide bonds. The molecule has 1 saturated carbocycles. The van der Waals surface area contributed by atoms with Crippen molar-refractivity contribution in [1.82, 2.24) is 10.6 Å². The number of carbonyl (C=O) groups is 1. The maximum absolute atomic E-state index is 11.7. The maximum Gasteiger partial charge on any atom is 0.220 e. The van der Waals surface area contributed by atoms with Crippen LogP contribution in [0.4, 0.5) is 0 Å². The molecule has 0 aromatic carbocycles. The largest absolute Gasteiger partial charge is 0.384 e. The molecule has 0 heterocycles. The summed E-state index contributed by atoms with van der Waals surface area (Å²) in [6.45, 7) is 7.98. The molecule has 0 unspecified atom stereocenters. The monoisotopic (exact) mass is 252 g/mol. The van der Waals surface area contributed by atoms with E-state index in [4.69, 9.17) is 0 Å². The number of nitrogens with one attached hydrogen (secondary N) is 2. The molecule has 3 nitrogen and oxygen atoms in total. The zero-order chi connectivity index (χ0) is 13.4. The minimum atomic E-state index is 0.210. The lowest BCUT2D eigenvalue weighted by molar-refractivity contribution is -0.121. The summed E-state index contributed by atoms with van der Waals surface area (Å²) in [6.07, 6.45) is 9.11. The maximum atomic E-state index is 11.7. The summed E-state index contributed by atoms with van der Waals surface area (Å²) in [6, 6.07) is 0.741. The van der Waals surface area contributed by atoms with Gasteiger partial charge in [0.2, 0.25) is 5.91 Å². The molecular formula is C15H28N2O. The number of hydrogen-bond acceptors (Lipinski definition) is 2. The molecule has 1 fully saturated rings. The summed E-state index contributed by atoms with van der Waals surface area (Å²) >= 11 is 0. The van der Waals surface area contributed by atoms with Crippen molar-refractivity contribution in [2.45, 2.75) is 77.3 Å². The number of allylic oxidation sites excluding steroid dienone is 1. The molecule has 3 heteroatoms. The second-order valence-electron chi connectivity index (χ2n) is 5.46. The van der Waals surface area contributed by atoms with Gasteiger partial charge in [0.05, 0.1) is 6.04 Å². The summed E-state index contributed by atoms with van der Waals surface area (Å²) in [5.74, 6) is 0.210. The first-order valence-corrected chi connectivity index (χ1v) is 7.35. The van der Waals surface area contributed by atoms with E-state index in [0.29, 0.717) is 18.5 Å². The Morgan fingerprint density at radius 3 is 2.39 bits per heavy atom. The molecule has 1 aliphatic carbocycles. The average Bonchev–Trinajstić information content (AvgIpc) is 3.00. The lowest BCUT2D eigenvalue weighted by Gasteiger charge is -2.06. The van der Waals surface area contributed by atoms with Crippen LogP contribution in [0.25, 0.3) is 0 Å². The van der Waals surface area contributed by atoms with E-state index in [-0.39, 0.29) is 5.91 Å². The number of rotatable bonds is 10. The van der Waals surface area contributed by atoms with Crippen molar-refractivity contribution in [3.63, 3.8) is 0 Å². The second kappa shape index (κ2) is 8.17. The fourth-order valence-electron chi connectivity index (χ4n) is 2.18. The molecule has 2 atom stereocenters. The Morgan fingerprint density at radius 2 is 1.72 bits per heavy atom. The van der Waals surface area contributed by atoms with Gasteiger partial charge in [-0.25, -0.2) is 0 Å². The van der Waals surface area contributed by atoms with Gasteiger partial charge in [-0.2, -0.15) is 0 Å². The lowest BCUT2D eigenvalue weighted by atomic mass is 10.1. The van der Waals surface area contributed by atoms with Gasteiger partial charge < -0.3 is 10.6 Å². The Bertz CT molecular complexity index is 276. The second-order valence-corrected chi connectivity index (χ2v) is 5.46. The van der Waals surface area contributed by atoms with Gasteiger partial charge in [-0.15, -0.1) is 0 Å². The van der Waals surface area contributed by atoms with Gasteiger partial charge in [-0.3, -0.25) is 4.79 Å². The van der Waals surface area contributed by atoms with E-state index in [1.807, 2.05) is 6.92 Å². The zero-order valence-corrected chi connectivity index (χ0v) is 11.9. The van der Waals surface area contributed by atoms with Crippen molar-refractivity contribution in [3.8, 4) is 0 Å². The minimum absolute atomic E-state index is 0.210. The molecule has 0 radical (unpaired) electrons. The van der Waals surface area contributed by atoms with Crippen LogP contribution in [0.3, 0.4) is 0 Å². The van der Waals surface area contributed by atoms with Crippen LogP contribution in [0.5, 0.6) is 0 Å². The minimum Gasteiger partial charge on any atom is -0.384 e. The molecule has 2 N–H and O–H groups in total. The first kappa shape index (κ1) is 15.1. The van der Waals surface area contributed by atoms with E-state index >= 15 is 0 Å². The summed E-state index contributed by atoms with van der Waals surface area (Å²) in [4.78, 5) is 11.7. The van der Waals surface area contributed by atoms with Gasteiger partial charge in [0, 0.05) is 18.2 Å². The average molecular weight is 252 g/mol. The standard InChI is InChI=1S/C15H28N2O/c1-4-5-6-7-8-9-10-15(18)17-14-11-13(14)16-12(2)3/h13-14,16H,2,4-11H2,1,3H3,(H,17,18)/t13-,14+/m0/s1. The highest BCUT2D eigenvalue weighted by molar-refractivity contribution is 5.76. The van der Waals surface area contributed by atoms with E-state index in [9.17, 15) is 4.79 Å². The van der Waals surface area contributed by atoms with Crippen LogP contribution in [0.15, 0.2) is 12.3 Å². The van der Waals surface area contributed by atoms with Crippen molar-refractivity contribution in [2.24, 2.45) is 0 Å². The summed E-state index contributed by atoms with van der Waals surface area (Å²) in [7, 11) is 0. The van der Waals surface area contributed by atoms with Gasteiger partial charge in [-0.1, -0.05) is 45.6 Å². The van der Waals surface area contributed by atoms with Gasteiger partial charge in [0.1, 0.15) is 0 Å². The van der Waals surface area contributed by atoms with Crippen molar-refractivity contribution in [3.05, 3.63) is 12.3 Å². The predicted molar refractivity (Wildman–Crippen MR) is 76.3 cm³/mol. The van der Waals surface area contributed by atoms with Crippen LogP contribution < -0.4 is 10.6 Å². The van der Waals surface area contributed by atoms with Crippen LogP contribution in [-0.4, -0.2) is 18.0 Å². The smallest absolute Gasteiger partial charge is 0.220 e. The quantitative estimate of drug-likeness (QED) is 0.587. The highest BCUT2D eigenvalue weighted by atomic mass is 16.1. The molecule has 1 rings (SSSR count). The number of carbonyl (C=O) groups excluding carboxylic acids is 1. The first-order chi connectivity index (χ1) is 8.63. The Balaban J connectivity index is 1.94. The lowest BCUT2D eigenvalue weighted by Crippen LogP contribution is -2.31. The predicted octanol–water partition coefficient (Wildman–Crippen LogP) is 3.12. The third-order valence-corrected chi connectivity index (χ3v) is 3.33. The molecule has 0 aromatic rings. The Hall–Kier alpha value is -0.990. The van der Waals surface area contributed by atoms with Gasteiger partial charge in [0.15, 0.2) is 0 Å². The van der Waals surface area contributed by atoms with Crippen LogP contribution in [-0.2, 0) is 4.79 Å². The number of amides is 1. The van der Waals surface area contributed by atoms with Gasteiger partial charge in [0.25, 0.3) is 0 Å². The van der Waals surface area contributed by atoms with Crippen molar-refractivity contribution < 1.29 is 4.79 Å². The third kappa shape index (κ3) is 6.67. The van der Waals surface area contributed by atoms with Gasteiger partial charge >= 0.3 is 0 Å². The van der Waals surface area contributed by atoms with Crippen LogP contribution in [0.1, 0.15) is 65.2 Å². The van der Waals surface area contributed by atoms with Crippen LogP contribution in [0.2, 0.25) is 0 Å². The van der Waals surface area contributed by atoms with E-state index < -0.39 is 0 Å². The van der Waals surface area contributed by atoms with Crippen molar-refractivity contribution >= 4 is 5.91 Å².